The van der Waals surface area contributed by atoms with Crippen molar-refractivity contribution in [1.29, 1.82) is 0 Å². The second-order valence-corrected chi connectivity index (χ2v) is 8.57. The SMILES string of the molecule is COc1ccc(-c2nnc(SCC(=O)Nc3ccc(C)cc3)n2CCc2ccccc2)cc1. The lowest BCUT2D eigenvalue weighted by Crippen LogP contribution is -2.15. The van der Waals surface area contributed by atoms with Crippen molar-refractivity contribution in [2.75, 3.05) is 18.2 Å². The van der Waals surface area contributed by atoms with E-state index in [1.807, 2.05) is 73.7 Å². The number of aryl methyl sites for hydroxylation is 2. The van der Waals surface area contributed by atoms with Gasteiger partial charge in [0.05, 0.1) is 12.9 Å². The van der Waals surface area contributed by atoms with Crippen molar-refractivity contribution >= 4 is 23.4 Å². The highest BCUT2D eigenvalue weighted by Crippen LogP contribution is 2.26. The Morgan fingerprint density at radius 3 is 2.39 bits per heavy atom. The van der Waals surface area contributed by atoms with Gasteiger partial charge >= 0.3 is 0 Å². The molecule has 1 amide bonds. The predicted octanol–water partition coefficient (Wildman–Crippen LogP) is 5.24. The number of hydrogen-bond acceptors (Lipinski definition) is 5. The minimum Gasteiger partial charge on any atom is -0.497 e. The predicted molar refractivity (Wildman–Crippen MR) is 133 cm³/mol. The number of hydrogen-bond donors (Lipinski definition) is 1. The molecule has 0 atom stereocenters. The van der Waals surface area contributed by atoms with Crippen LogP contribution < -0.4 is 10.1 Å². The molecule has 0 aliphatic rings. The molecule has 0 fully saturated rings. The lowest BCUT2D eigenvalue weighted by atomic mass is 10.1. The quantitative estimate of drug-likeness (QED) is 0.348. The molecule has 0 spiro atoms. The standard InChI is InChI=1S/C26H26N4O2S/c1-19-8-12-22(13-9-19)27-24(31)18-33-26-29-28-25(21-10-14-23(32-2)15-11-21)30(26)17-16-20-6-4-3-5-7-20/h3-15H,16-18H2,1-2H3,(H,27,31). The van der Waals surface area contributed by atoms with Crippen LogP contribution >= 0.6 is 11.8 Å². The number of thioether (sulfide) groups is 1. The summed E-state index contributed by atoms with van der Waals surface area (Å²) in [7, 11) is 1.65. The molecule has 1 heterocycles. The third kappa shape index (κ3) is 6.02. The van der Waals surface area contributed by atoms with Crippen LogP contribution in [0.3, 0.4) is 0 Å². The summed E-state index contributed by atoms with van der Waals surface area (Å²) in [4.78, 5) is 12.5. The zero-order chi connectivity index (χ0) is 23.0. The maximum absolute atomic E-state index is 12.5. The molecule has 0 aliphatic heterocycles. The van der Waals surface area contributed by atoms with Gasteiger partial charge in [0.2, 0.25) is 5.91 Å². The number of aromatic nitrogens is 3. The number of nitrogens with zero attached hydrogens (tertiary/aromatic N) is 3. The number of anilines is 1. The smallest absolute Gasteiger partial charge is 0.234 e. The van der Waals surface area contributed by atoms with Crippen LogP contribution in [0.4, 0.5) is 5.69 Å². The minimum absolute atomic E-state index is 0.0764. The highest BCUT2D eigenvalue weighted by atomic mass is 32.2. The third-order valence-electron chi connectivity index (χ3n) is 5.20. The Morgan fingerprint density at radius 1 is 0.970 bits per heavy atom. The average molecular weight is 459 g/mol. The van der Waals surface area contributed by atoms with E-state index in [9.17, 15) is 4.79 Å². The highest BCUT2D eigenvalue weighted by molar-refractivity contribution is 7.99. The van der Waals surface area contributed by atoms with E-state index in [2.05, 4.69) is 32.2 Å². The number of ether oxygens (including phenoxy) is 1. The van der Waals surface area contributed by atoms with Crippen molar-refractivity contribution in [3.05, 3.63) is 90.0 Å². The van der Waals surface area contributed by atoms with Crippen LogP contribution in [0.2, 0.25) is 0 Å². The van der Waals surface area contributed by atoms with Crippen LogP contribution in [0, 0.1) is 6.92 Å². The van der Waals surface area contributed by atoms with Crippen LogP contribution in [0.5, 0.6) is 5.75 Å². The van der Waals surface area contributed by atoms with Crippen LogP contribution in [-0.2, 0) is 17.8 Å². The maximum Gasteiger partial charge on any atom is 0.234 e. The lowest BCUT2D eigenvalue weighted by molar-refractivity contribution is -0.113. The Kier molecular flexibility index (Phi) is 7.42. The van der Waals surface area contributed by atoms with Gasteiger partial charge in [0.15, 0.2) is 11.0 Å². The first kappa shape index (κ1) is 22.6. The summed E-state index contributed by atoms with van der Waals surface area (Å²) < 4.78 is 7.36. The summed E-state index contributed by atoms with van der Waals surface area (Å²) in [6, 6.07) is 25.8. The highest BCUT2D eigenvalue weighted by Gasteiger charge is 2.16. The van der Waals surface area contributed by atoms with E-state index in [1.54, 1.807) is 7.11 Å². The number of rotatable bonds is 9. The first-order valence-electron chi connectivity index (χ1n) is 10.7. The molecule has 33 heavy (non-hydrogen) atoms. The molecule has 0 saturated heterocycles. The van der Waals surface area contributed by atoms with Gasteiger partial charge in [-0.3, -0.25) is 4.79 Å². The van der Waals surface area contributed by atoms with Crippen LogP contribution in [0.1, 0.15) is 11.1 Å². The van der Waals surface area contributed by atoms with Gasteiger partial charge < -0.3 is 14.6 Å². The molecule has 3 aromatic carbocycles. The Morgan fingerprint density at radius 2 is 1.70 bits per heavy atom. The van der Waals surface area contributed by atoms with Gasteiger partial charge in [0, 0.05) is 17.8 Å². The fourth-order valence-corrected chi connectivity index (χ4v) is 4.16. The number of carbonyl (C=O) groups excluding carboxylic acids is 1. The molecule has 168 valence electrons. The molecule has 1 aromatic heterocycles. The summed E-state index contributed by atoms with van der Waals surface area (Å²) in [6.45, 7) is 2.73. The van der Waals surface area contributed by atoms with E-state index in [4.69, 9.17) is 4.74 Å². The fraction of sp³-hybridized carbons (Fsp3) is 0.192. The number of methoxy groups -OCH3 is 1. The van der Waals surface area contributed by atoms with Crippen molar-refractivity contribution in [2.24, 2.45) is 0 Å². The van der Waals surface area contributed by atoms with Gasteiger partial charge in [-0.05, 0) is 55.3 Å². The molecule has 6 nitrogen and oxygen atoms in total. The zero-order valence-electron chi connectivity index (χ0n) is 18.7. The Hall–Kier alpha value is -3.58. The average Bonchev–Trinajstić information content (AvgIpc) is 3.26. The fourth-order valence-electron chi connectivity index (χ4n) is 3.40. The largest absolute Gasteiger partial charge is 0.497 e. The first-order valence-corrected chi connectivity index (χ1v) is 11.7. The van der Waals surface area contributed by atoms with Gasteiger partial charge in [0.1, 0.15) is 5.75 Å². The van der Waals surface area contributed by atoms with Crippen LogP contribution in [0.25, 0.3) is 11.4 Å². The van der Waals surface area contributed by atoms with Gasteiger partial charge in [-0.15, -0.1) is 10.2 Å². The normalized spacial score (nSPS) is 10.7. The Bertz CT molecular complexity index is 1190. The van der Waals surface area contributed by atoms with Crippen molar-refractivity contribution in [2.45, 2.75) is 25.0 Å². The van der Waals surface area contributed by atoms with E-state index in [1.165, 1.54) is 17.3 Å². The third-order valence-corrected chi connectivity index (χ3v) is 6.17. The zero-order valence-corrected chi connectivity index (χ0v) is 19.5. The molecule has 4 aromatic rings. The molecule has 0 radical (unpaired) electrons. The van der Waals surface area contributed by atoms with Gasteiger partial charge in [0.25, 0.3) is 0 Å². The second kappa shape index (κ2) is 10.8. The number of amides is 1. The van der Waals surface area contributed by atoms with E-state index in [0.717, 1.165) is 40.0 Å². The summed E-state index contributed by atoms with van der Waals surface area (Å²) in [5.41, 5.74) is 4.13. The van der Waals surface area contributed by atoms with E-state index >= 15 is 0 Å². The monoisotopic (exact) mass is 458 g/mol. The Labute approximate surface area is 198 Å². The molecule has 1 N–H and O–H groups in total. The van der Waals surface area contributed by atoms with E-state index < -0.39 is 0 Å². The molecule has 0 aliphatic carbocycles. The van der Waals surface area contributed by atoms with Gasteiger partial charge in [-0.2, -0.15) is 0 Å². The van der Waals surface area contributed by atoms with Crippen molar-refractivity contribution in [3.63, 3.8) is 0 Å². The van der Waals surface area contributed by atoms with Gasteiger partial charge in [-0.25, -0.2) is 0 Å². The summed E-state index contributed by atoms with van der Waals surface area (Å²) in [6.07, 6.45) is 0.838. The topological polar surface area (TPSA) is 69.0 Å². The molecular weight excluding hydrogens is 432 g/mol. The van der Waals surface area contributed by atoms with Crippen molar-refractivity contribution in [1.82, 2.24) is 14.8 Å². The summed E-state index contributed by atoms with van der Waals surface area (Å²) >= 11 is 1.39. The Balaban J connectivity index is 1.51. The van der Waals surface area contributed by atoms with Crippen LogP contribution in [0.15, 0.2) is 84.0 Å². The summed E-state index contributed by atoms with van der Waals surface area (Å²) in [5, 5.41) is 12.5. The van der Waals surface area contributed by atoms with Crippen LogP contribution in [-0.4, -0.2) is 33.5 Å². The first-order chi connectivity index (χ1) is 16.1. The molecule has 4 rings (SSSR count). The minimum atomic E-state index is -0.0764. The second-order valence-electron chi connectivity index (χ2n) is 7.62. The van der Waals surface area contributed by atoms with Crippen molar-refractivity contribution < 1.29 is 9.53 Å². The number of nitrogens with one attached hydrogen (secondary N) is 1. The molecule has 0 bridgehead atoms. The van der Waals surface area contributed by atoms with E-state index in [-0.39, 0.29) is 11.7 Å². The maximum atomic E-state index is 12.5. The van der Waals surface area contributed by atoms with E-state index in [0.29, 0.717) is 6.54 Å². The van der Waals surface area contributed by atoms with Crippen molar-refractivity contribution in [3.8, 4) is 17.1 Å². The summed E-state index contributed by atoms with van der Waals surface area (Å²) in [5.74, 6) is 1.74. The molecular formula is C26H26N4O2S. The number of carbonyl (C=O) groups is 1. The molecule has 0 unspecified atom stereocenters. The van der Waals surface area contributed by atoms with Gasteiger partial charge in [-0.1, -0.05) is 59.8 Å². The molecule has 0 saturated carbocycles. The lowest BCUT2D eigenvalue weighted by Gasteiger charge is -2.11. The number of benzene rings is 3. The molecule has 7 heteroatoms.